The van der Waals surface area contributed by atoms with Crippen LogP contribution < -0.4 is 9.80 Å². The van der Waals surface area contributed by atoms with Crippen LogP contribution in [0.4, 0.5) is 34.1 Å². The van der Waals surface area contributed by atoms with Crippen molar-refractivity contribution in [1.82, 2.24) is 0 Å². The van der Waals surface area contributed by atoms with Gasteiger partial charge >= 0.3 is 0 Å². The number of fused-ring (bicyclic) bond motifs is 4. The molecular formula is C72H64N2. The van der Waals surface area contributed by atoms with Crippen LogP contribution in [-0.2, 0) is 5.41 Å². The molecule has 10 aromatic carbocycles. The van der Waals surface area contributed by atoms with Gasteiger partial charge in [-0.1, -0.05) is 214 Å². The van der Waals surface area contributed by atoms with E-state index in [9.17, 15) is 0 Å². The predicted molar refractivity (Wildman–Crippen MR) is 312 cm³/mol. The minimum atomic E-state index is -0.557. The number of nitrogens with zero attached hydrogens (tertiary/aromatic N) is 2. The summed E-state index contributed by atoms with van der Waals surface area (Å²) in [7, 11) is 0. The minimum absolute atomic E-state index is 0.557. The summed E-state index contributed by atoms with van der Waals surface area (Å²) in [4.78, 5) is 5.04. The molecule has 2 nitrogen and oxygen atoms in total. The van der Waals surface area contributed by atoms with Crippen molar-refractivity contribution in [2.75, 3.05) is 9.80 Å². The molecule has 0 aliphatic heterocycles. The second kappa shape index (κ2) is 19.8. The van der Waals surface area contributed by atoms with Crippen molar-refractivity contribution in [3.05, 3.63) is 276 Å². The molecule has 0 spiro atoms. The second-order valence-corrected chi connectivity index (χ2v) is 21.3. The minimum Gasteiger partial charge on any atom is -0.310 e. The van der Waals surface area contributed by atoms with Crippen molar-refractivity contribution >= 4 is 44.9 Å². The highest BCUT2D eigenvalue weighted by atomic mass is 15.2. The van der Waals surface area contributed by atoms with Gasteiger partial charge in [0.05, 0.1) is 11.1 Å². The summed E-state index contributed by atoms with van der Waals surface area (Å²) in [5.41, 5.74) is 20.6. The molecule has 2 saturated carbocycles. The molecule has 10 aromatic rings. The van der Waals surface area contributed by atoms with E-state index in [4.69, 9.17) is 0 Å². The van der Waals surface area contributed by atoms with Crippen LogP contribution in [-0.4, -0.2) is 0 Å². The number of anilines is 6. The third-order valence-electron chi connectivity index (χ3n) is 17.0. The van der Waals surface area contributed by atoms with Crippen LogP contribution in [0.15, 0.2) is 237 Å². The first-order chi connectivity index (χ1) is 36.6. The molecule has 3 aliphatic carbocycles. The highest BCUT2D eigenvalue weighted by molar-refractivity contribution is 6.06. The van der Waals surface area contributed by atoms with Crippen LogP contribution in [0.1, 0.15) is 115 Å². The Balaban J connectivity index is 1.04. The van der Waals surface area contributed by atoms with Crippen molar-refractivity contribution in [3.8, 4) is 22.3 Å². The van der Waals surface area contributed by atoms with Crippen molar-refractivity contribution in [1.29, 1.82) is 0 Å². The molecular weight excluding hydrogens is 893 g/mol. The molecule has 2 heteroatoms. The average molecular weight is 957 g/mol. The summed E-state index contributed by atoms with van der Waals surface area (Å²) in [6.07, 6.45) is 13.2. The molecule has 0 aromatic heterocycles. The molecule has 13 rings (SSSR count). The first-order valence-corrected chi connectivity index (χ1v) is 27.5. The van der Waals surface area contributed by atoms with Gasteiger partial charge in [-0.05, 0) is 172 Å². The molecule has 2 fully saturated rings. The maximum atomic E-state index is 2.55. The molecule has 0 atom stereocenters. The van der Waals surface area contributed by atoms with E-state index in [0.717, 1.165) is 22.7 Å². The fraction of sp³-hybridized carbons (Fsp3) is 0.194. The molecule has 0 bridgehead atoms. The summed E-state index contributed by atoms with van der Waals surface area (Å²) in [5, 5.41) is 2.44. The Morgan fingerprint density at radius 1 is 0.365 bits per heavy atom. The SMILES string of the molecule is Cc1cccc2c1-c1ccc(N(c3cccc(N(c4ccc(C5CCCCC5)cc4)c4ccc(C5CCCCC5)cc4)c3)c3ccc4ccccc4c3-c3ccccc3)cc1C2(c1ccccc1)c1ccccc1. The van der Waals surface area contributed by atoms with Gasteiger partial charge in [0.2, 0.25) is 0 Å². The van der Waals surface area contributed by atoms with Crippen molar-refractivity contribution in [2.45, 2.75) is 88.4 Å². The van der Waals surface area contributed by atoms with Crippen LogP contribution in [0, 0.1) is 6.92 Å². The summed E-state index contributed by atoms with van der Waals surface area (Å²) < 4.78 is 0. The number of rotatable bonds is 11. The fourth-order valence-electron chi connectivity index (χ4n) is 13.5. The average Bonchev–Trinajstić information content (AvgIpc) is 3.78. The number of aryl methyl sites for hydroxylation is 1. The third kappa shape index (κ3) is 8.13. The quantitative estimate of drug-likeness (QED) is 0.127. The lowest BCUT2D eigenvalue weighted by molar-refractivity contribution is 0.443. The molecule has 74 heavy (non-hydrogen) atoms. The zero-order chi connectivity index (χ0) is 49.4. The standard InChI is InChI=1S/C72H64N2/c1-51-21-19-36-67-70(51)66-47-46-64(50-68(66)72(67,58-29-13-5-14-30-58)59-31-15-6-16-32-59)74(69-48-41-56-26-17-18-35-65(56)71(69)57-27-11-4-12-28-57)63-34-20-33-62(49-63)73(60-42-37-54(38-43-60)52-22-7-2-8-23-52)61-44-39-55(40-45-61)53-24-9-3-10-25-53/h4-6,11-21,26-50,52-53H,2-3,7-10,22-25H2,1H3. The first kappa shape index (κ1) is 45.9. The second-order valence-electron chi connectivity index (χ2n) is 21.3. The Bertz CT molecular complexity index is 3470. The molecule has 0 radical (unpaired) electrons. The Kier molecular flexibility index (Phi) is 12.3. The Hall–Kier alpha value is -7.94. The summed E-state index contributed by atoms with van der Waals surface area (Å²) >= 11 is 0. The number of hydrogen-bond acceptors (Lipinski definition) is 2. The lowest BCUT2D eigenvalue weighted by Crippen LogP contribution is -2.28. The van der Waals surface area contributed by atoms with Crippen molar-refractivity contribution in [3.63, 3.8) is 0 Å². The van der Waals surface area contributed by atoms with Gasteiger partial charge < -0.3 is 9.80 Å². The monoisotopic (exact) mass is 957 g/mol. The summed E-state index contributed by atoms with van der Waals surface area (Å²) in [6.45, 7) is 2.28. The van der Waals surface area contributed by atoms with Gasteiger partial charge in [-0.3, -0.25) is 0 Å². The van der Waals surface area contributed by atoms with Crippen LogP contribution in [0.5, 0.6) is 0 Å². The highest BCUT2D eigenvalue weighted by Gasteiger charge is 2.47. The zero-order valence-corrected chi connectivity index (χ0v) is 42.6. The largest absolute Gasteiger partial charge is 0.310 e. The van der Waals surface area contributed by atoms with Gasteiger partial charge in [0.1, 0.15) is 0 Å². The van der Waals surface area contributed by atoms with Crippen LogP contribution in [0.2, 0.25) is 0 Å². The van der Waals surface area contributed by atoms with Gasteiger partial charge in [-0.2, -0.15) is 0 Å². The van der Waals surface area contributed by atoms with Gasteiger partial charge in [0, 0.05) is 34.0 Å². The van der Waals surface area contributed by atoms with Gasteiger partial charge in [-0.25, -0.2) is 0 Å². The smallest absolute Gasteiger partial charge is 0.0714 e. The van der Waals surface area contributed by atoms with Crippen LogP contribution in [0.3, 0.4) is 0 Å². The molecule has 0 unspecified atom stereocenters. The molecule has 0 heterocycles. The van der Waals surface area contributed by atoms with E-state index in [-0.39, 0.29) is 0 Å². The van der Waals surface area contributed by atoms with E-state index in [1.165, 1.54) is 148 Å². The topological polar surface area (TPSA) is 6.48 Å². The Morgan fingerprint density at radius 2 is 0.878 bits per heavy atom. The zero-order valence-electron chi connectivity index (χ0n) is 42.6. The third-order valence-corrected chi connectivity index (χ3v) is 17.0. The lowest BCUT2D eigenvalue weighted by atomic mass is 9.67. The highest BCUT2D eigenvalue weighted by Crippen LogP contribution is 2.58. The van der Waals surface area contributed by atoms with Crippen molar-refractivity contribution in [2.24, 2.45) is 0 Å². The van der Waals surface area contributed by atoms with Crippen LogP contribution >= 0.6 is 0 Å². The van der Waals surface area contributed by atoms with Gasteiger partial charge in [0.15, 0.2) is 0 Å². The van der Waals surface area contributed by atoms with E-state index in [1.807, 2.05) is 0 Å². The lowest BCUT2D eigenvalue weighted by Gasteiger charge is -2.35. The maximum Gasteiger partial charge on any atom is 0.0714 e. The molecule has 362 valence electrons. The maximum absolute atomic E-state index is 2.55. The van der Waals surface area contributed by atoms with E-state index < -0.39 is 5.41 Å². The molecule has 0 amide bonds. The number of benzene rings is 10. The van der Waals surface area contributed by atoms with E-state index in [0.29, 0.717) is 11.8 Å². The van der Waals surface area contributed by atoms with E-state index in [2.05, 4.69) is 253 Å². The summed E-state index contributed by atoms with van der Waals surface area (Å²) in [5.74, 6) is 1.29. The normalized spacial score (nSPS) is 15.4. The Morgan fingerprint density at radius 3 is 1.49 bits per heavy atom. The predicted octanol–water partition coefficient (Wildman–Crippen LogP) is 20.2. The number of hydrogen-bond donors (Lipinski definition) is 0. The van der Waals surface area contributed by atoms with Gasteiger partial charge in [0.25, 0.3) is 0 Å². The van der Waals surface area contributed by atoms with E-state index >= 15 is 0 Å². The Labute approximate surface area is 438 Å². The van der Waals surface area contributed by atoms with Crippen molar-refractivity contribution < 1.29 is 0 Å². The van der Waals surface area contributed by atoms with E-state index in [1.54, 1.807) is 0 Å². The fourth-order valence-corrected chi connectivity index (χ4v) is 13.5. The molecule has 0 N–H and O–H groups in total. The molecule has 3 aliphatic rings. The van der Waals surface area contributed by atoms with Gasteiger partial charge in [-0.15, -0.1) is 0 Å². The summed E-state index contributed by atoms with van der Waals surface area (Å²) in [6, 6.07) is 89.7. The van der Waals surface area contributed by atoms with Crippen LogP contribution in [0.25, 0.3) is 33.0 Å². The first-order valence-electron chi connectivity index (χ1n) is 27.5. The molecule has 0 saturated heterocycles.